The second kappa shape index (κ2) is 4.16. The summed E-state index contributed by atoms with van der Waals surface area (Å²) in [5.74, 6) is -0.820. The van der Waals surface area contributed by atoms with Crippen LogP contribution < -0.4 is 0 Å². The lowest BCUT2D eigenvalue weighted by atomic mass is 10.0. The monoisotopic (exact) mass is 223 g/mol. The minimum Gasteiger partial charge on any atom is -0.477 e. The highest BCUT2D eigenvalue weighted by atomic mass is 32.1. The number of hydrogen-bond acceptors (Lipinski definition) is 3. The van der Waals surface area contributed by atoms with Gasteiger partial charge in [-0.15, -0.1) is 11.3 Å². The smallest absolute Gasteiger partial charge is 0.346 e. The first-order valence-electron chi connectivity index (χ1n) is 4.87. The Morgan fingerprint density at radius 3 is 3.00 bits per heavy atom. The molecule has 1 aromatic rings. The lowest BCUT2D eigenvalue weighted by molar-refractivity contribution is 0.0702. The zero-order chi connectivity index (χ0) is 10.8. The number of rotatable bonds is 2. The SMILES string of the molecule is CN1CC=C(c2ccsc2C(=O)O)CC1. The van der Waals surface area contributed by atoms with Gasteiger partial charge in [0.2, 0.25) is 0 Å². The Balaban J connectivity index is 2.30. The number of aromatic carboxylic acids is 1. The number of hydrogen-bond donors (Lipinski definition) is 1. The van der Waals surface area contributed by atoms with E-state index in [0.717, 1.165) is 25.1 Å². The normalized spacial score (nSPS) is 17.5. The van der Waals surface area contributed by atoms with Crippen molar-refractivity contribution in [1.29, 1.82) is 0 Å². The number of carbonyl (C=O) groups is 1. The molecule has 4 heteroatoms. The van der Waals surface area contributed by atoms with Crippen molar-refractivity contribution >= 4 is 22.9 Å². The van der Waals surface area contributed by atoms with E-state index in [1.807, 2.05) is 11.4 Å². The van der Waals surface area contributed by atoms with Crippen molar-refractivity contribution in [2.45, 2.75) is 6.42 Å². The van der Waals surface area contributed by atoms with Gasteiger partial charge in [-0.25, -0.2) is 4.79 Å². The maximum Gasteiger partial charge on any atom is 0.346 e. The maximum atomic E-state index is 11.0. The molecule has 0 saturated carbocycles. The van der Waals surface area contributed by atoms with E-state index in [4.69, 9.17) is 5.11 Å². The predicted octanol–water partition coefficient (Wildman–Crippen LogP) is 2.17. The molecule has 0 aromatic carbocycles. The minimum absolute atomic E-state index is 0.464. The Labute approximate surface area is 92.6 Å². The molecule has 2 rings (SSSR count). The van der Waals surface area contributed by atoms with E-state index in [9.17, 15) is 4.79 Å². The molecule has 0 amide bonds. The fourth-order valence-electron chi connectivity index (χ4n) is 1.74. The molecule has 0 unspecified atom stereocenters. The van der Waals surface area contributed by atoms with Gasteiger partial charge in [-0.3, -0.25) is 0 Å². The van der Waals surface area contributed by atoms with Crippen molar-refractivity contribution in [2.75, 3.05) is 20.1 Å². The molecule has 0 aliphatic carbocycles. The average molecular weight is 223 g/mol. The Kier molecular flexibility index (Phi) is 2.88. The van der Waals surface area contributed by atoms with Crippen molar-refractivity contribution in [3.05, 3.63) is 28.0 Å². The van der Waals surface area contributed by atoms with Crippen LogP contribution in [-0.2, 0) is 0 Å². The van der Waals surface area contributed by atoms with Crippen LogP contribution in [0.3, 0.4) is 0 Å². The van der Waals surface area contributed by atoms with E-state index >= 15 is 0 Å². The van der Waals surface area contributed by atoms with Crippen molar-refractivity contribution in [1.82, 2.24) is 4.90 Å². The summed E-state index contributed by atoms with van der Waals surface area (Å²) in [6.07, 6.45) is 3.06. The largest absolute Gasteiger partial charge is 0.477 e. The van der Waals surface area contributed by atoms with Gasteiger partial charge in [-0.2, -0.15) is 0 Å². The molecule has 0 radical (unpaired) electrons. The molecule has 0 fully saturated rings. The van der Waals surface area contributed by atoms with Gasteiger partial charge < -0.3 is 10.0 Å². The lowest BCUT2D eigenvalue weighted by Gasteiger charge is -2.21. The highest BCUT2D eigenvalue weighted by Crippen LogP contribution is 2.28. The summed E-state index contributed by atoms with van der Waals surface area (Å²) in [4.78, 5) is 13.6. The van der Waals surface area contributed by atoms with Crippen molar-refractivity contribution < 1.29 is 9.90 Å². The van der Waals surface area contributed by atoms with Crippen LogP contribution in [0.1, 0.15) is 21.7 Å². The number of nitrogens with zero attached hydrogens (tertiary/aromatic N) is 1. The highest BCUT2D eigenvalue weighted by Gasteiger charge is 2.17. The standard InChI is InChI=1S/C11H13NO2S/c1-12-5-2-8(3-6-12)9-4-7-15-10(9)11(13)14/h2,4,7H,3,5-6H2,1H3,(H,13,14). The summed E-state index contributed by atoms with van der Waals surface area (Å²) in [7, 11) is 2.07. The van der Waals surface area contributed by atoms with Crippen molar-refractivity contribution in [3.63, 3.8) is 0 Å². The summed E-state index contributed by atoms with van der Waals surface area (Å²) >= 11 is 1.30. The molecule has 0 spiro atoms. The zero-order valence-electron chi connectivity index (χ0n) is 8.56. The van der Waals surface area contributed by atoms with E-state index in [1.54, 1.807) is 0 Å². The van der Waals surface area contributed by atoms with E-state index in [-0.39, 0.29) is 0 Å². The summed E-state index contributed by atoms with van der Waals surface area (Å²) in [6, 6.07) is 1.91. The molecular weight excluding hydrogens is 210 g/mol. The van der Waals surface area contributed by atoms with E-state index in [1.165, 1.54) is 16.9 Å². The first-order valence-corrected chi connectivity index (χ1v) is 5.75. The van der Waals surface area contributed by atoms with Crippen LogP contribution in [0.5, 0.6) is 0 Å². The Morgan fingerprint density at radius 1 is 1.60 bits per heavy atom. The molecule has 1 N–H and O–H groups in total. The predicted molar refractivity (Wildman–Crippen MR) is 61.4 cm³/mol. The van der Waals surface area contributed by atoms with Gasteiger partial charge in [-0.1, -0.05) is 6.08 Å². The van der Waals surface area contributed by atoms with Gasteiger partial charge >= 0.3 is 5.97 Å². The summed E-state index contributed by atoms with van der Waals surface area (Å²) in [5.41, 5.74) is 2.08. The fraction of sp³-hybridized carbons (Fsp3) is 0.364. The minimum atomic E-state index is -0.820. The summed E-state index contributed by atoms with van der Waals surface area (Å²) in [5, 5.41) is 10.9. The Bertz CT molecular complexity index is 408. The van der Waals surface area contributed by atoms with E-state index < -0.39 is 5.97 Å². The van der Waals surface area contributed by atoms with Crippen LogP contribution in [-0.4, -0.2) is 36.1 Å². The van der Waals surface area contributed by atoms with Gasteiger partial charge in [0.15, 0.2) is 0 Å². The zero-order valence-corrected chi connectivity index (χ0v) is 9.38. The molecule has 0 bridgehead atoms. The fourth-order valence-corrected chi connectivity index (χ4v) is 2.51. The number of likely N-dealkylation sites (N-methyl/N-ethyl adjacent to an activating group) is 1. The van der Waals surface area contributed by atoms with Gasteiger partial charge in [0.25, 0.3) is 0 Å². The van der Waals surface area contributed by atoms with Crippen LogP contribution in [0, 0.1) is 0 Å². The van der Waals surface area contributed by atoms with Crippen molar-refractivity contribution in [3.8, 4) is 0 Å². The molecule has 0 atom stereocenters. The molecule has 1 aliphatic rings. The second-order valence-corrected chi connectivity index (χ2v) is 4.63. The van der Waals surface area contributed by atoms with Crippen LogP contribution in [0.15, 0.2) is 17.5 Å². The molecule has 0 saturated heterocycles. The van der Waals surface area contributed by atoms with Gasteiger partial charge in [-0.05, 0) is 30.5 Å². The van der Waals surface area contributed by atoms with Gasteiger partial charge in [0, 0.05) is 18.7 Å². The van der Waals surface area contributed by atoms with Crippen molar-refractivity contribution in [2.24, 2.45) is 0 Å². The maximum absolute atomic E-state index is 11.0. The summed E-state index contributed by atoms with van der Waals surface area (Å²) < 4.78 is 0. The molecular formula is C11H13NO2S. The quantitative estimate of drug-likeness (QED) is 0.835. The molecule has 80 valence electrons. The average Bonchev–Trinajstić information content (AvgIpc) is 2.67. The Morgan fingerprint density at radius 2 is 2.40 bits per heavy atom. The number of thiophene rings is 1. The first-order chi connectivity index (χ1) is 7.18. The second-order valence-electron chi connectivity index (χ2n) is 3.71. The molecule has 2 heterocycles. The number of carboxylic acid groups (broad SMARTS) is 1. The third kappa shape index (κ3) is 2.11. The van der Waals surface area contributed by atoms with Crippen LogP contribution >= 0.6 is 11.3 Å². The molecule has 1 aliphatic heterocycles. The topological polar surface area (TPSA) is 40.5 Å². The third-order valence-electron chi connectivity index (χ3n) is 2.62. The van der Waals surface area contributed by atoms with Gasteiger partial charge in [0.05, 0.1) is 0 Å². The Hall–Kier alpha value is -1.13. The molecule has 3 nitrogen and oxygen atoms in total. The van der Waals surface area contributed by atoms with Crippen LogP contribution in [0.4, 0.5) is 0 Å². The molecule has 1 aromatic heterocycles. The van der Waals surface area contributed by atoms with Crippen LogP contribution in [0.25, 0.3) is 5.57 Å². The van der Waals surface area contributed by atoms with E-state index in [0.29, 0.717) is 4.88 Å². The lowest BCUT2D eigenvalue weighted by Crippen LogP contribution is -2.23. The third-order valence-corrected chi connectivity index (χ3v) is 3.52. The number of carboxylic acids is 1. The van der Waals surface area contributed by atoms with Crippen LogP contribution in [0.2, 0.25) is 0 Å². The highest BCUT2D eigenvalue weighted by molar-refractivity contribution is 7.12. The van der Waals surface area contributed by atoms with Gasteiger partial charge in [0.1, 0.15) is 4.88 Å². The van der Waals surface area contributed by atoms with E-state index in [2.05, 4.69) is 18.0 Å². The first kappa shape index (κ1) is 10.4. The molecule has 15 heavy (non-hydrogen) atoms. The summed E-state index contributed by atoms with van der Waals surface area (Å²) in [6.45, 7) is 1.91.